The van der Waals surface area contributed by atoms with Gasteiger partial charge in [-0.3, -0.25) is 5.32 Å². The predicted octanol–water partition coefficient (Wildman–Crippen LogP) is -0.115. The van der Waals surface area contributed by atoms with E-state index in [1.54, 1.807) is 6.20 Å². The smallest absolute Gasteiger partial charge is 0.350 e. The van der Waals surface area contributed by atoms with Gasteiger partial charge in [0.1, 0.15) is 6.10 Å². The SMILES string of the molecule is COC(=O)C1NCC(c2cnc(N)s2)O1. The van der Waals surface area contributed by atoms with Crippen molar-refractivity contribution in [2.45, 2.75) is 12.3 Å². The lowest BCUT2D eigenvalue weighted by Gasteiger charge is -2.08. The van der Waals surface area contributed by atoms with Crippen LogP contribution in [0.25, 0.3) is 0 Å². The van der Waals surface area contributed by atoms with Crippen molar-refractivity contribution in [3.05, 3.63) is 11.1 Å². The lowest BCUT2D eigenvalue weighted by atomic mass is 10.3. The third-order valence-corrected chi connectivity index (χ3v) is 2.98. The molecule has 0 spiro atoms. The van der Waals surface area contributed by atoms with Crippen LogP contribution < -0.4 is 11.1 Å². The molecule has 1 fully saturated rings. The highest BCUT2D eigenvalue weighted by atomic mass is 32.1. The molecular weight excluding hydrogens is 218 g/mol. The Bertz CT molecular complexity index is 368. The summed E-state index contributed by atoms with van der Waals surface area (Å²) in [6.45, 7) is 0.557. The highest BCUT2D eigenvalue weighted by Crippen LogP contribution is 2.28. The topological polar surface area (TPSA) is 86.5 Å². The summed E-state index contributed by atoms with van der Waals surface area (Å²) in [4.78, 5) is 16.0. The molecule has 1 aromatic rings. The Balaban J connectivity index is 2.01. The number of methoxy groups -OCH3 is 1. The van der Waals surface area contributed by atoms with Gasteiger partial charge in [0, 0.05) is 12.7 Å². The second-order valence-electron chi connectivity index (χ2n) is 3.04. The number of nitrogens with zero attached hydrogens (tertiary/aromatic N) is 1. The zero-order chi connectivity index (χ0) is 10.8. The second kappa shape index (κ2) is 4.13. The van der Waals surface area contributed by atoms with Crippen molar-refractivity contribution >= 4 is 22.4 Å². The third-order valence-electron chi connectivity index (χ3n) is 2.06. The first-order valence-corrected chi connectivity index (χ1v) is 5.20. The molecule has 1 saturated heterocycles. The van der Waals surface area contributed by atoms with E-state index in [-0.39, 0.29) is 6.10 Å². The Morgan fingerprint density at radius 1 is 1.87 bits per heavy atom. The van der Waals surface area contributed by atoms with Crippen LogP contribution in [0.5, 0.6) is 0 Å². The number of aromatic nitrogens is 1. The van der Waals surface area contributed by atoms with Gasteiger partial charge in [0.05, 0.1) is 12.0 Å². The molecule has 3 N–H and O–H groups in total. The molecule has 2 unspecified atom stereocenters. The summed E-state index contributed by atoms with van der Waals surface area (Å²) in [5, 5.41) is 3.40. The predicted molar refractivity (Wildman–Crippen MR) is 54.2 cm³/mol. The van der Waals surface area contributed by atoms with Gasteiger partial charge in [-0.2, -0.15) is 0 Å². The molecule has 0 amide bonds. The summed E-state index contributed by atoms with van der Waals surface area (Å²) < 4.78 is 10.0. The van der Waals surface area contributed by atoms with E-state index in [4.69, 9.17) is 10.5 Å². The number of hydrogen-bond donors (Lipinski definition) is 2. The summed E-state index contributed by atoms with van der Waals surface area (Å²) in [6, 6.07) is 0. The van der Waals surface area contributed by atoms with E-state index in [2.05, 4.69) is 15.0 Å². The van der Waals surface area contributed by atoms with Gasteiger partial charge in [-0.25, -0.2) is 9.78 Å². The van der Waals surface area contributed by atoms with Crippen molar-refractivity contribution in [2.24, 2.45) is 0 Å². The number of nitrogens with one attached hydrogen (secondary N) is 1. The maximum atomic E-state index is 11.1. The molecule has 2 atom stereocenters. The molecule has 0 radical (unpaired) electrons. The van der Waals surface area contributed by atoms with Crippen LogP contribution in [0.2, 0.25) is 0 Å². The van der Waals surface area contributed by atoms with Gasteiger partial charge in [-0.15, -0.1) is 0 Å². The minimum Gasteiger partial charge on any atom is -0.466 e. The van der Waals surface area contributed by atoms with Crippen molar-refractivity contribution in [1.82, 2.24) is 10.3 Å². The van der Waals surface area contributed by atoms with Crippen LogP contribution in [-0.2, 0) is 14.3 Å². The number of carbonyl (C=O) groups is 1. The summed E-state index contributed by atoms with van der Waals surface area (Å²) in [5.74, 6) is -0.421. The van der Waals surface area contributed by atoms with Gasteiger partial charge in [-0.1, -0.05) is 11.3 Å². The number of thiazole rings is 1. The number of ether oxygens (including phenoxy) is 2. The fraction of sp³-hybridized carbons (Fsp3) is 0.500. The number of hydrogen-bond acceptors (Lipinski definition) is 7. The standard InChI is InChI=1S/C8H11N3O3S/c1-13-7(12)6-10-2-4(14-6)5-3-11-8(9)15-5/h3-4,6,10H,2H2,1H3,(H2,9,11). The lowest BCUT2D eigenvalue weighted by molar-refractivity contribution is -0.154. The first-order chi connectivity index (χ1) is 7.20. The molecular formula is C8H11N3O3S. The summed E-state index contributed by atoms with van der Waals surface area (Å²) in [5.41, 5.74) is 5.51. The van der Waals surface area contributed by atoms with Crippen molar-refractivity contribution in [3.8, 4) is 0 Å². The molecule has 1 aliphatic heterocycles. The van der Waals surface area contributed by atoms with Gasteiger partial charge in [0.2, 0.25) is 6.23 Å². The van der Waals surface area contributed by atoms with Crippen molar-refractivity contribution in [1.29, 1.82) is 0 Å². The van der Waals surface area contributed by atoms with E-state index >= 15 is 0 Å². The van der Waals surface area contributed by atoms with Crippen LogP contribution in [0.4, 0.5) is 5.13 Å². The minimum atomic E-state index is -0.691. The number of anilines is 1. The Morgan fingerprint density at radius 2 is 2.67 bits per heavy atom. The van der Waals surface area contributed by atoms with Crippen molar-refractivity contribution < 1.29 is 14.3 Å². The Hall–Kier alpha value is -1.18. The van der Waals surface area contributed by atoms with Gasteiger partial charge in [-0.05, 0) is 0 Å². The molecule has 0 aliphatic carbocycles. The van der Waals surface area contributed by atoms with E-state index in [0.717, 1.165) is 4.88 Å². The van der Waals surface area contributed by atoms with E-state index in [0.29, 0.717) is 11.7 Å². The van der Waals surface area contributed by atoms with E-state index in [1.807, 2.05) is 0 Å². The average Bonchev–Trinajstić information content (AvgIpc) is 2.84. The third kappa shape index (κ3) is 2.09. The maximum absolute atomic E-state index is 11.1. The van der Waals surface area contributed by atoms with Crippen LogP contribution in [0, 0.1) is 0 Å². The number of nitrogen functional groups attached to an aromatic ring is 1. The lowest BCUT2D eigenvalue weighted by Crippen LogP contribution is -2.32. The molecule has 1 aliphatic rings. The fourth-order valence-corrected chi connectivity index (χ4v) is 2.06. The molecule has 1 aromatic heterocycles. The monoisotopic (exact) mass is 229 g/mol. The van der Waals surface area contributed by atoms with Gasteiger partial charge < -0.3 is 15.2 Å². The van der Waals surface area contributed by atoms with Gasteiger partial charge in [0.25, 0.3) is 0 Å². The Kier molecular flexibility index (Phi) is 2.85. The largest absolute Gasteiger partial charge is 0.466 e. The van der Waals surface area contributed by atoms with Crippen LogP contribution >= 0.6 is 11.3 Å². The quantitative estimate of drug-likeness (QED) is 0.688. The molecule has 7 heteroatoms. The summed E-state index contributed by atoms with van der Waals surface area (Å²) in [7, 11) is 1.32. The zero-order valence-electron chi connectivity index (χ0n) is 8.10. The van der Waals surface area contributed by atoms with Crippen molar-refractivity contribution in [2.75, 3.05) is 19.4 Å². The molecule has 0 aromatic carbocycles. The molecule has 0 bridgehead atoms. The zero-order valence-corrected chi connectivity index (χ0v) is 8.91. The molecule has 6 nitrogen and oxygen atoms in total. The van der Waals surface area contributed by atoms with Crippen molar-refractivity contribution in [3.63, 3.8) is 0 Å². The Labute approximate surface area is 90.4 Å². The molecule has 2 heterocycles. The number of rotatable bonds is 2. The van der Waals surface area contributed by atoms with Crippen LogP contribution in [0.1, 0.15) is 11.0 Å². The number of nitrogens with two attached hydrogens (primary N) is 1. The van der Waals surface area contributed by atoms with Gasteiger partial charge >= 0.3 is 5.97 Å². The van der Waals surface area contributed by atoms with E-state index < -0.39 is 12.2 Å². The Morgan fingerprint density at radius 3 is 3.27 bits per heavy atom. The highest BCUT2D eigenvalue weighted by molar-refractivity contribution is 7.15. The average molecular weight is 229 g/mol. The van der Waals surface area contributed by atoms with Crippen LogP contribution in [-0.4, -0.2) is 30.8 Å². The van der Waals surface area contributed by atoms with Crippen LogP contribution in [0.15, 0.2) is 6.20 Å². The maximum Gasteiger partial charge on any atom is 0.350 e. The summed E-state index contributed by atoms with van der Waals surface area (Å²) >= 11 is 1.36. The number of esters is 1. The van der Waals surface area contributed by atoms with Crippen LogP contribution in [0.3, 0.4) is 0 Å². The molecule has 0 saturated carbocycles. The second-order valence-corrected chi connectivity index (χ2v) is 4.13. The van der Waals surface area contributed by atoms with E-state index in [1.165, 1.54) is 18.4 Å². The first-order valence-electron chi connectivity index (χ1n) is 4.38. The normalized spacial score (nSPS) is 25.4. The molecule has 82 valence electrons. The number of carbonyl (C=O) groups excluding carboxylic acids is 1. The molecule has 2 rings (SSSR count). The highest BCUT2D eigenvalue weighted by Gasteiger charge is 2.32. The van der Waals surface area contributed by atoms with Gasteiger partial charge in [0.15, 0.2) is 5.13 Å². The van der Waals surface area contributed by atoms with E-state index in [9.17, 15) is 4.79 Å². The fourth-order valence-electron chi connectivity index (χ4n) is 1.34. The minimum absolute atomic E-state index is 0.177. The first kappa shape index (κ1) is 10.3. The molecule has 15 heavy (non-hydrogen) atoms. The summed E-state index contributed by atoms with van der Waals surface area (Å²) in [6.07, 6.45) is 0.790.